The summed E-state index contributed by atoms with van der Waals surface area (Å²) >= 11 is 0. The van der Waals surface area contributed by atoms with Crippen molar-refractivity contribution in [3.8, 4) is 0 Å². The molecule has 0 fully saturated rings. The average Bonchev–Trinajstić information content (AvgIpc) is 2.38. The van der Waals surface area contributed by atoms with E-state index in [9.17, 15) is 4.79 Å². The minimum Gasteiger partial charge on any atom is -0.501 e. The minimum atomic E-state index is 0.205. The summed E-state index contributed by atoms with van der Waals surface area (Å²) in [7, 11) is 0. The van der Waals surface area contributed by atoms with E-state index in [0.717, 1.165) is 37.0 Å². The molecule has 0 aromatic carbocycles. The van der Waals surface area contributed by atoms with Crippen LogP contribution in [0.15, 0.2) is 36.4 Å². The molecule has 0 aliphatic carbocycles. The fourth-order valence-electron chi connectivity index (χ4n) is 1.74. The van der Waals surface area contributed by atoms with Crippen molar-refractivity contribution in [1.29, 1.82) is 0 Å². The molecule has 1 aliphatic heterocycles. The van der Waals surface area contributed by atoms with Gasteiger partial charge in [-0.2, -0.15) is 0 Å². The van der Waals surface area contributed by atoms with E-state index in [2.05, 4.69) is 4.98 Å². The lowest BCUT2D eigenvalue weighted by molar-refractivity contribution is -0.116. The SMILES string of the molecule is O=C(CCc1ccncc1)C1=COCCC1. The van der Waals surface area contributed by atoms with Crippen molar-refractivity contribution in [2.45, 2.75) is 25.7 Å². The quantitative estimate of drug-likeness (QED) is 0.776. The van der Waals surface area contributed by atoms with Crippen molar-refractivity contribution in [2.75, 3.05) is 6.61 Å². The van der Waals surface area contributed by atoms with Gasteiger partial charge in [-0.25, -0.2) is 0 Å². The molecule has 0 saturated heterocycles. The Morgan fingerprint density at radius 2 is 2.19 bits per heavy atom. The molecule has 2 rings (SSSR count). The number of aryl methyl sites for hydroxylation is 1. The number of hydrogen-bond acceptors (Lipinski definition) is 3. The van der Waals surface area contributed by atoms with Crippen molar-refractivity contribution in [3.63, 3.8) is 0 Å². The molecule has 0 atom stereocenters. The predicted molar refractivity (Wildman–Crippen MR) is 60.8 cm³/mol. The van der Waals surface area contributed by atoms with Gasteiger partial charge >= 0.3 is 0 Å². The number of aromatic nitrogens is 1. The van der Waals surface area contributed by atoms with E-state index in [1.807, 2.05) is 12.1 Å². The normalized spacial score (nSPS) is 15.1. The number of hydrogen-bond donors (Lipinski definition) is 0. The van der Waals surface area contributed by atoms with E-state index >= 15 is 0 Å². The highest BCUT2D eigenvalue weighted by Gasteiger charge is 2.12. The third-order valence-electron chi connectivity index (χ3n) is 2.68. The first-order chi connectivity index (χ1) is 7.86. The molecule has 0 unspecified atom stereocenters. The summed E-state index contributed by atoms with van der Waals surface area (Å²) in [6, 6.07) is 3.89. The van der Waals surface area contributed by atoms with Crippen LogP contribution in [0.2, 0.25) is 0 Å². The number of allylic oxidation sites excluding steroid dienone is 1. The molecule has 0 amide bonds. The van der Waals surface area contributed by atoms with Crippen LogP contribution in [0.3, 0.4) is 0 Å². The summed E-state index contributed by atoms with van der Waals surface area (Å²) < 4.78 is 5.16. The molecular formula is C13H15NO2. The summed E-state index contributed by atoms with van der Waals surface area (Å²) in [6.07, 6.45) is 8.27. The minimum absolute atomic E-state index is 0.205. The molecule has 2 heterocycles. The van der Waals surface area contributed by atoms with E-state index < -0.39 is 0 Å². The Bertz CT molecular complexity index is 384. The van der Waals surface area contributed by atoms with Crippen LogP contribution in [-0.2, 0) is 16.0 Å². The van der Waals surface area contributed by atoms with Crippen LogP contribution in [0.5, 0.6) is 0 Å². The van der Waals surface area contributed by atoms with Gasteiger partial charge in [0.1, 0.15) is 0 Å². The van der Waals surface area contributed by atoms with Gasteiger partial charge in [-0.3, -0.25) is 9.78 Å². The van der Waals surface area contributed by atoms with Gasteiger partial charge in [0, 0.05) is 24.4 Å². The highest BCUT2D eigenvalue weighted by molar-refractivity contribution is 5.95. The molecular weight excluding hydrogens is 202 g/mol. The molecule has 0 radical (unpaired) electrons. The second-order valence-corrected chi connectivity index (χ2v) is 3.90. The van der Waals surface area contributed by atoms with Gasteiger partial charge in [0.05, 0.1) is 12.9 Å². The number of Topliss-reactive ketones (excluding diaryl/α,β-unsaturated/α-hetero) is 1. The Hall–Kier alpha value is -1.64. The molecule has 0 spiro atoms. The van der Waals surface area contributed by atoms with Gasteiger partial charge in [-0.05, 0) is 37.0 Å². The van der Waals surface area contributed by atoms with Crippen LogP contribution in [0.1, 0.15) is 24.8 Å². The molecule has 1 aliphatic rings. The van der Waals surface area contributed by atoms with Gasteiger partial charge in [0.15, 0.2) is 5.78 Å². The largest absolute Gasteiger partial charge is 0.501 e. The van der Waals surface area contributed by atoms with Gasteiger partial charge in [-0.1, -0.05) is 0 Å². The number of ether oxygens (including phenoxy) is 1. The maximum Gasteiger partial charge on any atom is 0.162 e. The Morgan fingerprint density at radius 1 is 1.38 bits per heavy atom. The summed E-state index contributed by atoms with van der Waals surface area (Å²) in [6.45, 7) is 0.737. The fraction of sp³-hybridized carbons (Fsp3) is 0.385. The van der Waals surface area contributed by atoms with Crippen molar-refractivity contribution >= 4 is 5.78 Å². The molecule has 0 saturated carbocycles. The van der Waals surface area contributed by atoms with Crippen LogP contribution in [-0.4, -0.2) is 17.4 Å². The molecule has 0 bridgehead atoms. The first-order valence-corrected chi connectivity index (χ1v) is 5.59. The van der Waals surface area contributed by atoms with Gasteiger partial charge in [0.2, 0.25) is 0 Å². The third kappa shape index (κ3) is 2.92. The van der Waals surface area contributed by atoms with Crippen LogP contribution >= 0.6 is 0 Å². The van der Waals surface area contributed by atoms with E-state index in [1.54, 1.807) is 18.7 Å². The number of rotatable bonds is 4. The lowest BCUT2D eigenvalue weighted by Crippen LogP contribution is -2.09. The topological polar surface area (TPSA) is 39.2 Å². The van der Waals surface area contributed by atoms with Gasteiger partial charge < -0.3 is 4.74 Å². The van der Waals surface area contributed by atoms with Gasteiger partial charge in [-0.15, -0.1) is 0 Å². The average molecular weight is 217 g/mol. The Balaban J connectivity index is 1.86. The number of carbonyl (C=O) groups is 1. The lowest BCUT2D eigenvalue weighted by atomic mass is 10.0. The predicted octanol–water partition coefficient (Wildman–Crippen LogP) is 2.28. The second-order valence-electron chi connectivity index (χ2n) is 3.90. The summed E-state index contributed by atoms with van der Waals surface area (Å²) in [5.41, 5.74) is 1.99. The lowest BCUT2D eigenvalue weighted by Gasteiger charge is -2.12. The Kier molecular flexibility index (Phi) is 3.70. The van der Waals surface area contributed by atoms with Gasteiger partial charge in [0.25, 0.3) is 0 Å². The summed E-state index contributed by atoms with van der Waals surface area (Å²) in [4.78, 5) is 15.8. The van der Waals surface area contributed by atoms with Crippen LogP contribution in [0, 0.1) is 0 Å². The summed E-state index contributed by atoms with van der Waals surface area (Å²) in [5.74, 6) is 0.205. The van der Waals surface area contributed by atoms with Crippen LogP contribution in [0.4, 0.5) is 0 Å². The Morgan fingerprint density at radius 3 is 2.88 bits per heavy atom. The zero-order valence-electron chi connectivity index (χ0n) is 9.19. The molecule has 3 heteroatoms. The number of pyridine rings is 1. The number of carbonyl (C=O) groups excluding carboxylic acids is 1. The molecule has 1 aromatic rings. The molecule has 1 aromatic heterocycles. The van der Waals surface area contributed by atoms with E-state index in [-0.39, 0.29) is 5.78 Å². The first-order valence-electron chi connectivity index (χ1n) is 5.59. The number of ketones is 1. The molecule has 0 N–H and O–H groups in total. The molecule has 16 heavy (non-hydrogen) atoms. The van der Waals surface area contributed by atoms with E-state index in [4.69, 9.17) is 4.74 Å². The van der Waals surface area contributed by atoms with E-state index in [1.165, 1.54) is 0 Å². The maximum atomic E-state index is 11.8. The van der Waals surface area contributed by atoms with Crippen LogP contribution < -0.4 is 0 Å². The summed E-state index contributed by atoms with van der Waals surface area (Å²) in [5, 5.41) is 0. The smallest absolute Gasteiger partial charge is 0.162 e. The second kappa shape index (κ2) is 5.45. The van der Waals surface area contributed by atoms with Crippen molar-refractivity contribution in [1.82, 2.24) is 4.98 Å². The molecule has 84 valence electrons. The van der Waals surface area contributed by atoms with Crippen molar-refractivity contribution in [2.24, 2.45) is 0 Å². The van der Waals surface area contributed by atoms with Crippen molar-refractivity contribution < 1.29 is 9.53 Å². The zero-order valence-corrected chi connectivity index (χ0v) is 9.19. The zero-order chi connectivity index (χ0) is 11.2. The van der Waals surface area contributed by atoms with Crippen molar-refractivity contribution in [3.05, 3.63) is 41.9 Å². The first kappa shape index (κ1) is 10.9. The van der Waals surface area contributed by atoms with Crippen LogP contribution in [0.25, 0.3) is 0 Å². The fourth-order valence-corrected chi connectivity index (χ4v) is 1.74. The highest BCUT2D eigenvalue weighted by Crippen LogP contribution is 2.15. The standard InChI is InChI=1S/C13H15NO2/c15-13(12-2-1-9-16-10-12)4-3-11-5-7-14-8-6-11/h5-8,10H,1-4,9H2. The Labute approximate surface area is 95.2 Å². The monoisotopic (exact) mass is 217 g/mol. The third-order valence-corrected chi connectivity index (χ3v) is 2.68. The number of nitrogens with zero attached hydrogens (tertiary/aromatic N) is 1. The van der Waals surface area contributed by atoms with E-state index in [0.29, 0.717) is 6.42 Å². The maximum absolute atomic E-state index is 11.8. The highest BCUT2D eigenvalue weighted by atomic mass is 16.5. The molecule has 3 nitrogen and oxygen atoms in total.